The minimum absolute atomic E-state index is 0.190. The van der Waals surface area contributed by atoms with Gasteiger partial charge in [0.15, 0.2) is 0 Å². The Morgan fingerprint density at radius 3 is 2.33 bits per heavy atom. The molecule has 0 aliphatic carbocycles. The topological polar surface area (TPSA) is 38.3 Å². The Morgan fingerprint density at radius 1 is 1.22 bits per heavy atom. The van der Waals surface area contributed by atoms with Crippen molar-refractivity contribution in [1.29, 1.82) is 0 Å². The van der Waals surface area contributed by atoms with Gasteiger partial charge in [-0.05, 0) is 24.8 Å². The number of hydrogen-bond acceptors (Lipinski definition) is 3. The summed E-state index contributed by atoms with van der Waals surface area (Å²) in [4.78, 5) is 11.7. The van der Waals surface area contributed by atoms with E-state index in [1.165, 1.54) is 12.7 Å². The molecule has 0 saturated carbocycles. The molecule has 2 unspecified atom stereocenters. The first-order valence-corrected chi connectivity index (χ1v) is 6.42. The first-order chi connectivity index (χ1) is 8.54. The van der Waals surface area contributed by atoms with Crippen LogP contribution in [0.5, 0.6) is 0 Å². The molecule has 1 N–H and O–H groups in total. The van der Waals surface area contributed by atoms with Crippen LogP contribution in [0.2, 0.25) is 0 Å². The van der Waals surface area contributed by atoms with E-state index in [1.807, 2.05) is 32.0 Å². The number of carbonyl (C=O) groups excluding carboxylic acids is 1. The summed E-state index contributed by atoms with van der Waals surface area (Å²) in [6.45, 7) is 6.12. The summed E-state index contributed by atoms with van der Waals surface area (Å²) in [5.41, 5.74) is 1.27. The summed E-state index contributed by atoms with van der Waals surface area (Å²) >= 11 is 0. The van der Waals surface area contributed by atoms with Crippen molar-refractivity contribution in [3.63, 3.8) is 0 Å². The lowest BCUT2D eigenvalue weighted by Gasteiger charge is -2.24. The van der Waals surface area contributed by atoms with Gasteiger partial charge in [-0.25, -0.2) is 0 Å². The van der Waals surface area contributed by atoms with Gasteiger partial charge < -0.3 is 10.1 Å². The van der Waals surface area contributed by atoms with Gasteiger partial charge in [-0.2, -0.15) is 0 Å². The number of ether oxygens (including phenoxy) is 1. The molecule has 100 valence electrons. The second kappa shape index (κ2) is 7.17. The first kappa shape index (κ1) is 14.7. The van der Waals surface area contributed by atoms with E-state index in [0.717, 1.165) is 6.42 Å². The molecule has 0 bridgehead atoms. The van der Waals surface area contributed by atoms with Crippen LogP contribution < -0.4 is 5.32 Å². The molecule has 0 heterocycles. The summed E-state index contributed by atoms with van der Waals surface area (Å²) in [5.74, 6) is 0.0283. The van der Waals surface area contributed by atoms with E-state index in [2.05, 4.69) is 24.4 Å². The van der Waals surface area contributed by atoms with Gasteiger partial charge in [0.25, 0.3) is 0 Å². The quantitative estimate of drug-likeness (QED) is 0.787. The van der Waals surface area contributed by atoms with E-state index in [9.17, 15) is 4.79 Å². The van der Waals surface area contributed by atoms with Gasteiger partial charge >= 0.3 is 5.97 Å². The van der Waals surface area contributed by atoms with Crippen LogP contribution in [0, 0.1) is 5.92 Å². The van der Waals surface area contributed by atoms with Crippen LogP contribution in [0.4, 0.5) is 0 Å². The number of carbonyl (C=O) groups is 1. The van der Waals surface area contributed by atoms with Crippen molar-refractivity contribution >= 4 is 5.97 Å². The summed E-state index contributed by atoms with van der Waals surface area (Å²) in [7, 11) is 1.43. The second-order valence-electron chi connectivity index (χ2n) is 5.00. The zero-order chi connectivity index (χ0) is 13.5. The van der Waals surface area contributed by atoms with Crippen molar-refractivity contribution in [3.8, 4) is 0 Å². The Labute approximate surface area is 110 Å². The molecule has 2 atom stereocenters. The van der Waals surface area contributed by atoms with Crippen LogP contribution >= 0.6 is 0 Å². The summed E-state index contributed by atoms with van der Waals surface area (Å²) in [6.07, 6.45) is 0.904. The maximum absolute atomic E-state index is 11.7. The molecule has 0 fully saturated rings. The third-order valence-corrected chi connectivity index (χ3v) is 2.97. The molecule has 0 amide bonds. The highest BCUT2D eigenvalue weighted by Crippen LogP contribution is 2.08. The predicted octanol–water partition coefficient (Wildman–Crippen LogP) is 2.40. The normalized spacial score (nSPS) is 14.3. The van der Waals surface area contributed by atoms with Crippen LogP contribution in [0.3, 0.4) is 0 Å². The van der Waals surface area contributed by atoms with Crippen LogP contribution in [0.25, 0.3) is 0 Å². The molecule has 3 nitrogen and oxygen atoms in total. The maximum Gasteiger partial charge on any atom is 0.323 e. The monoisotopic (exact) mass is 249 g/mol. The van der Waals surface area contributed by atoms with Gasteiger partial charge in [0.1, 0.15) is 6.04 Å². The smallest absolute Gasteiger partial charge is 0.323 e. The standard InChI is InChI=1S/C15H23NO2/c1-11(2)14(15(17)18-4)16-12(3)10-13-8-6-5-7-9-13/h5-9,11-12,14,16H,10H2,1-4H3. The van der Waals surface area contributed by atoms with Gasteiger partial charge in [-0.1, -0.05) is 44.2 Å². The lowest BCUT2D eigenvalue weighted by molar-refractivity contribution is -0.144. The number of hydrogen-bond donors (Lipinski definition) is 1. The van der Waals surface area contributed by atoms with E-state index >= 15 is 0 Å². The number of esters is 1. The highest BCUT2D eigenvalue weighted by atomic mass is 16.5. The van der Waals surface area contributed by atoms with Gasteiger partial charge in [-0.3, -0.25) is 4.79 Å². The molecule has 1 aromatic carbocycles. The molecule has 0 aliphatic rings. The average molecular weight is 249 g/mol. The maximum atomic E-state index is 11.7. The fourth-order valence-corrected chi connectivity index (χ4v) is 1.99. The molecule has 0 aliphatic heterocycles. The highest BCUT2D eigenvalue weighted by Gasteiger charge is 2.24. The highest BCUT2D eigenvalue weighted by molar-refractivity contribution is 5.75. The second-order valence-corrected chi connectivity index (χ2v) is 5.00. The molecular formula is C15H23NO2. The molecule has 0 aromatic heterocycles. The minimum atomic E-state index is -0.242. The van der Waals surface area contributed by atoms with Crippen molar-refractivity contribution in [2.24, 2.45) is 5.92 Å². The van der Waals surface area contributed by atoms with E-state index in [-0.39, 0.29) is 24.0 Å². The van der Waals surface area contributed by atoms with Crippen LogP contribution in [-0.4, -0.2) is 25.2 Å². The van der Waals surface area contributed by atoms with Crippen molar-refractivity contribution in [2.45, 2.75) is 39.3 Å². The van der Waals surface area contributed by atoms with Gasteiger partial charge in [-0.15, -0.1) is 0 Å². The Hall–Kier alpha value is -1.35. The first-order valence-electron chi connectivity index (χ1n) is 6.42. The Kier molecular flexibility index (Phi) is 5.86. The number of methoxy groups -OCH3 is 1. The number of rotatable bonds is 6. The molecule has 1 rings (SSSR count). The Balaban J connectivity index is 2.56. The van der Waals surface area contributed by atoms with Gasteiger partial charge in [0.2, 0.25) is 0 Å². The molecule has 3 heteroatoms. The van der Waals surface area contributed by atoms with Crippen molar-refractivity contribution in [3.05, 3.63) is 35.9 Å². The third kappa shape index (κ3) is 4.49. The summed E-state index contributed by atoms with van der Waals surface area (Å²) in [5, 5.41) is 3.34. The molecular weight excluding hydrogens is 226 g/mol. The van der Waals surface area contributed by atoms with Crippen molar-refractivity contribution < 1.29 is 9.53 Å². The Morgan fingerprint density at radius 2 is 1.83 bits per heavy atom. The van der Waals surface area contributed by atoms with Gasteiger partial charge in [0, 0.05) is 6.04 Å². The fraction of sp³-hybridized carbons (Fsp3) is 0.533. The number of nitrogens with one attached hydrogen (secondary N) is 1. The third-order valence-electron chi connectivity index (χ3n) is 2.97. The zero-order valence-corrected chi connectivity index (χ0v) is 11.6. The van der Waals surface area contributed by atoms with E-state index in [1.54, 1.807) is 0 Å². The Bertz CT molecular complexity index is 362. The minimum Gasteiger partial charge on any atom is -0.468 e. The lowest BCUT2D eigenvalue weighted by Crippen LogP contribution is -2.46. The van der Waals surface area contributed by atoms with E-state index < -0.39 is 0 Å². The van der Waals surface area contributed by atoms with Gasteiger partial charge in [0.05, 0.1) is 7.11 Å². The number of benzene rings is 1. The van der Waals surface area contributed by atoms with Crippen LogP contribution in [0.15, 0.2) is 30.3 Å². The average Bonchev–Trinajstić information content (AvgIpc) is 2.36. The van der Waals surface area contributed by atoms with Crippen molar-refractivity contribution in [1.82, 2.24) is 5.32 Å². The molecule has 0 radical (unpaired) electrons. The summed E-state index contributed by atoms with van der Waals surface area (Å²) in [6, 6.07) is 10.3. The predicted molar refractivity (Wildman–Crippen MR) is 73.4 cm³/mol. The van der Waals surface area contributed by atoms with E-state index in [4.69, 9.17) is 4.74 Å². The molecule has 1 aromatic rings. The lowest BCUT2D eigenvalue weighted by atomic mass is 10.0. The van der Waals surface area contributed by atoms with E-state index in [0.29, 0.717) is 0 Å². The van der Waals surface area contributed by atoms with Crippen LogP contribution in [0.1, 0.15) is 26.3 Å². The summed E-state index contributed by atoms with van der Waals surface area (Å²) < 4.78 is 4.82. The fourth-order valence-electron chi connectivity index (χ4n) is 1.99. The zero-order valence-electron chi connectivity index (χ0n) is 11.6. The van der Waals surface area contributed by atoms with Crippen LogP contribution in [-0.2, 0) is 16.0 Å². The molecule has 0 spiro atoms. The molecule has 18 heavy (non-hydrogen) atoms. The molecule has 0 saturated heterocycles. The van der Waals surface area contributed by atoms with Crippen molar-refractivity contribution in [2.75, 3.05) is 7.11 Å². The SMILES string of the molecule is COC(=O)C(NC(C)Cc1ccccc1)C(C)C. The largest absolute Gasteiger partial charge is 0.468 e.